The third kappa shape index (κ3) is 7.69. The maximum atomic E-state index is 12.2. The van der Waals surface area contributed by atoms with Gasteiger partial charge in [-0.15, -0.1) is 0 Å². The SMILES string of the molecule is COC(=O)c1cn(Cc2ccc3ncc(Cl)cc3c2)c2ccnc(C#N)c12.N#Cc1nccc2c1c(I)cn2Cc1ccc2ncc(Cl)cc2c1.[C-]#[O+]. The summed E-state index contributed by atoms with van der Waals surface area (Å²) in [7, 11) is 1.31. The molecule has 0 aliphatic heterocycles. The fourth-order valence-corrected chi connectivity index (χ4v) is 7.24. The van der Waals surface area contributed by atoms with Gasteiger partial charge in [0.15, 0.2) is 11.4 Å². The van der Waals surface area contributed by atoms with Crippen molar-refractivity contribution in [2.75, 3.05) is 7.11 Å². The van der Waals surface area contributed by atoms with Crippen LogP contribution in [0.25, 0.3) is 43.6 Å². The maximum absolute atomic E-state index is 12.2. The number of hydrogen-bond acceptors (Lipinski definition) is 8. The molecule has 8 aromatic rings. The minimum absolute atomic E-state index is 0.196. The van der Waals surface area contributed by atoms with Crippen LogP contribution in [0.4, 0.5) is 0 Å². The van der Waals surface area contributed by atoms with Gasteiger partial charge < -0.3 is 13.9 Å². The number of rotatable bonds is 5. The summed E-state index contributed by atoms with van der Waals surface area (Å²) in [5.74, 6) is -0.502. The molecule has 0 fully saturated rings. The van der Waals surface area contributed by atoms with Gasteiger partial charge in [0.05, 0.1) is 50.2 Å². The molecule has 11 nitrogen and oxygen atoms in total. The monoisotopic (exact) mass is 848 g/mol. The Hall–Kier alpha value is -5.86. The van der Waals surface area contributed by atoms with Crippen LogP contribution in [-0.2, 0) is 22.5 Å². The molecule has 0 spiro atoms. The van der Waals surface area contributed by atoms with Crippen molar-refractivity contribution < 1.29 is 14.2 Å². The van der Waals surface area contributed by atoms with Crippen molar-refractivity contribution in [3.63, 3.8) is 0 Å². The quantitative estimate of drug-likeness (QED) is 0.0722. The summed E-state index contributed by atoms with van der Waals surface area (Å²) in [5.41, 5.74) is 6.67. The number of hydrogen-bond donors (Lipinski definition) is 0. The van der Waals surface area contributed by atoms with Crippen LogP contribution >= 0.6 is 45.8 Å². The average molecular weight is 849 g/mol. The summed E-state index contributed by atoms with van der Waals surface area (Å²) in [6, 6.07) is 23.8. The Balaban J connectivity index is 0.000000174. The summed E-state index contributed by atoms with van der Waals surface area (Å²) in [6.45, 7) is 5.71. The predicted molar refractivity (Wildman–Crippen MR) is 209 cm³/mol. The number of esters is 1. The Kier molecular flexibility index (Phi) is 11.3. The number of fused-ring (bicyclic) bond motifs is 4. The topological polar surface area (TPSA) is 155 Å². The molecule has 0 saturated carbocycles. The van der Waals surface area contributed by atoms with Crippen LogP contribution in [-0.4, -0.2) is 42.1 Å². The van der Waals surface area contributed by atoms with Gasteiger partial charge in [0.25, 0.3) is 0 Å². The zero-order chi connectivity index (χ0) is 37.6. The van der Waals surface area contributed by atoms with Gasteiger partial charge in [0.2, 0.25) is 0 Å². The number of aromatic nitrogens is 6. The molecule has 6 aromatic heterocycles. The zero-order valence-corrected chi connectivity index (χ0v) is 31.3. The Morgan fingerprint density at radius 3 is 1.77 bits per heavy atom. The van der Waals surface area contributed by atoms with E-state index in [9.17, 15) is 15.3 Å². The molecule has 53 heavy (non-hydrogen) atoms. The first kappa shape index (κ1) is 36.9. The van der Waals surface area contributed by atoms with E-state index in [-0.39, 0.29) is 5.69 Å². The van der Waals surface area contributed by atoms with E-state index in [0.29, 0.717) is 39.8 Å². The number of benzene rings is 2. The summed E-state index contributed by atoms with van der Waals surface area (Å²) < 4.78 is 17.4. The molecular formula is C39H23Cl2IN8O3. The Morgan fingerprint density at radius 1 is 0.774 bits per heavy atom. The number of nitrogens with zero attached hydrogens (tertiary/aromatic N) is 8. The summed E-state index contributed by atoms with van der Waals surface area (Å²) in [5, 5.41) is 23.2. The summed E-state index contributed by atoms with van der Waals surface area (Å²) >= 11 is 14.3. The number of nitriles is 2. The van der Waals surface area contributed by atoms with Crippen molar-refractivity contribution >= 4 is 95.4 Å². The van der Waals surface area contributed by atoms with E-state index in [1.807, 2.05) is 59.3 Å². The summed E-state index contributed by atoms with van der Waals surface area (Å²) in [6.07, 6.45) is 10.2. The third-order valence-electron chi connectivity index (χ3n) is 8.29. The van der Waals surface area contributed by atoms with Crippen LogP contribution in [0.5, 0.6) is 0 Å². The van der Waals surface area contributed by atoms with E-state index in [4.69, 9.17) is 32.6 Å². The first-order chi connectivity index (χ1) is 25.8. The number of carbonyl (C=O) groups is 1. The molecule has 258 valence electrons. The van der Waals surface area contributed by atoms with Gasteiger partial charge in [0, 0.05) is 70.0 Å². The average Bonchev–Trinajstić information content (AvgIpc) is 3.71. The van der Waals surface area contributed by atoms with Gasteiger partial charge in [-0.2, -0.15) is 10.5 Å². The fraction of sp³-hybridized carbons (Fsp3) is 0.0769. The van der Waals surface area contributed by atoms with E-state index in [0.717, 1.165) is 52.9 Å². The van der Waals surface area contributed by atoms with Crippen LogP contribution in [0, 0.1) is 32.9 Å². The molecule has 0 N–H and O–H groups in total. The van der Waals surface area contributed by atoms with E-state index >= 15 is 0 Å². The van der Waals surface area contributed by atoms with Crippen LogP contribution in [0.3, 0.4) is 0 Å². The fourth-order valence-electron chi connectivity index (χ4n) is 6.04. The number of carbonyl (C=O) groups excluding carboxylic acids is 1. The first-order valence-corrected chi connectivity index (χ1v) is 17.4. The third-order valence-corrected chi connectivity index (χ3v) is 9.52. The number of halogens is 3. The Morgan fingerprint density at radius 2 is 1.26 bits per heavy atom. The number of methoxy groups -OCH3 is 1. The molecule has 0 amide bonds. The second-order valence-electron chi connectivity index (χ2n) is 11.5. The molecule has 14 heteroatoms. The van der Waals surface area contributed by atoms with Gasteiger partial charge in [-0.3, -0.25) is 9.97 Å². The molecule has 6 heterocycles. The Labute approximate surface area is 325 Å². The van der Waals surface area contributed by atoms with Crippen molar-refractivity contribution in [1.29, 1.82) is 10.5 Å². The van der Waals surface area contributed by atoms with Gasteiger partial charge in [-0.25, -0.2) is 14.8 Å². The molecule has 2 aromatic carbocycles. The predicted octanol–water partition coefficient (Wildman–Crippen LogP) is 8.67. The molecule has 0 bridgehead atoms. The minimum atomic E-state index is -0.502. The van der Waals surface area contributed by atoms with Crippen molar-refractivity contribution in [2.24, 2.45) is 0 Å². The molecule has 0 saturated heterocycles. The molecular weight excluding hydrogens is 826 g/mol. The second kappa shape index (κ2) is 16.2. The van der Waals surface area contributed by atoms with Crippen molar-refractivity contribution in [1.82, 2.24) is 29.1 Å². The summed E-state index contributed by atoms with van der Waals surface area (Å²) in [4.78, 5) is 29.0. The van der Waals surface area contributed by atoms with Crippen LogP contribution in [0.1, 0.15) is 32.9 Å². The van der Waals surface area contributed by atoms with Crippen LogP contribution < -0.4 is 0 Å². The second-order valence-corrected chi connectivity index (χ2v) is 13.5. The molecule has 8 rings (SSSR count). The van der Waals surface area contributed by atoms with Gasteiger partial charge in [-0.1, -0.05) is 35.3 Å². The molecule has 0 aliphatic carbocycles. The van der Waals surface area contributed by atoms with Crippen molar-refractivity contribution in [3.8, 4) is 12.1 Å². The van der Waals surface area contributed by atoms with E-state index in [1.54, 1.807) is 37.1 Å². The van der Waals surface area contributed by atoms with E-state index in [2.05, 4.69) is 71.9 Å². The molecule has 0 radical (unpaired) electrons. The standard InChI is InChI=1S/C20H13ClN4O2.C18H10ClIN4.CO/c1-27-20(26)15-11-25(18-4-5-23-17(8-22)19(15)18)10-12-2-3-16-13(6-12)7-14(21)9-24-16;19-13-6-12-5-11(1-2-15(12)23-8-13)9-24-10-14(20)18-16(7-21)22-4-3-17(18)24;1-2/h2-7,9,11H,10H2,1H3;1-6,8,10H,9H2;. The molecule has 0 atom stereocenters. The van der Waals surface area contributed by atoms with Crippen molar-refractivity contribution in [3.05, 3.63) is 146 Å². The van der Waals surface area contributed by atoms with E-state index in [1.165, 1.54) is 7.11 Å². The van der Waals surface area contributed by atoms with Gasteiger partial charge in [0.1, 0.15) is 12.1 Å². The molecule has 0 unspecified atom stereocenters. The molecule has 0 aliphatic rings. The van der Waals surface area contributed by atoms with Gasteiger partial charge >= 0.3 is 17.3 Å². The van der Waals surface area contributed by atoms with E-state index < -0.39 is 5.97 Å². The number of pyridine rings is 4. The zero-order valence-electron chi connectivity index (χ0n) is 27.6. The normalized spacial score (nSPS) is 10.6. The van der Waals surface area contributed by atoms with Crippen LogP contribution in [0.15, 0.2) is 97.8 Å². The van der Waals surface area contributed by atoms with Gasteiger partial charge in [-0.05, 0) is 82.2 Å². The Bertz CT molecular complexity index is 2800. The number of ether oxygens (including phenoxy) is 1. The van der Waals surface area contributed by atoms with Crippen LogP contribution in [0.2, 0.25) is 10.0 Å². The van der Waals surface area contributed by atoms with Crippen molar-refractivity contribution in [2.45, 2.75) is 13.1 Å². The first-order valence-electron chi connectivity index (χ1n) is 15.5.